The molecule has 0 spiro atoms. The normalized spacial score (nSPS) is 12.8. The minimum Gasteiger partial charge on any atom is -0.469 e. The van der Waals surface area contributed by atoms with Crippen LogP contribution in [-0.2, 0) is 19.9 Å². The van der Waals surface area contributed by atoms with Crippen molar-refractivity contribution in [3.63, 3.8) is 0 Å². The Hall–Kier alpha value is -1.55. The molecule has 2 aromatic rings. The fourth-order valence-electron chi connectivity index (χ4n) is 2.47. The third-order valence-corrected chi connectivity index (χ3v) is 3.50. The Morgan fingerprint density at radius 2 is 2.26 bits per heavy atom. The number of nitrogens with one attached hydrogen (secondary N) is 1. The van der Waals surface area contributed by atoms with Crippen LogP contribution < -0.4 is 5.32 Å². The first kappa shape index (κ1) is 13.9. The number of hydrogen-bond acceptors (Lipinski definition) is 3. The second-order valence-electron chi connectivity index (χ2n) is 4.76. The molecule has 2 aromatic heterocycles. The molecule has 1 unspecified atom stereocenters. The van der Waals surface area contributed by atoms with Gasteiger partial charge < -0.3 is 14.3 Å². The molecule has 0 radical (unpaired) electrons. The second kappa shape index (κ2) is 6.57. The van der Waals surface area contributed by atoms with Gasteiger partial charge in [-0.2, -0.15) is 0 Å². The number of hydrogen-bond donors (Lipinski definition) is 1. The predicted octanol–water partition coefficient (Wildman–Crippen LogP) is 2.86. The van der Waals surface area contributed by atoms with Gasteiger partial charge in [-0.05, 0) is 19.0 Å². The number of furan rings is 1. The van der Waals surface area contributed by atoms with Crippen LogP contribution in [0.4, 0.5) is 0 Å². The van der Waals surface area contributed by atoms with Crippen molar-refractivity contribution in [2.45, 2.75) is 39.2 Å². The minimum atomic E-state index is 0.343. The molecule has 104 valence electrons. The molecule has 0 aromatic carbocycles. The van der Waals surface area contributed by atoms with E-state index in [2.05, 4.69) is 34.8 Å². The lowest BCUT2D eigenvalue weighted by molar-refractivity contribution is 0.470. The molecule has 2 heterocycles. The summed E-state index contributed by atoms with van der Waals surface area (Å²) in [7, 11) is 2.04. The highest BCUT2D eigenvalue weighted by molar-refractivity contribution is 5.21. The summed E-state index contributed by atoms with van der Waals surface area (Å²) in [5.74, 6) is 2.22. The SMILES string of the molecule is CCNC(CCc1nccn1C)c1ccoc1CC. The molecule has 0 bridgehead atoms. The smallest absolute Gasteiger partial charge is 0.108 e. The average molecular weight is 261 g/mol. The molecule has 0 aliphatic carbocycles. The van der Waals surface area contributed by atoms with Gasteiger partial charge >= 0.3 is 0 Å². The predicted molar refractivity (Wildman–Crippen MR) is 76.0 cm³/mol. The summed E-state index contributed by atoms with van der Waals surface area (Å²) in [6, 6.07) is 2.43. The Labute approximate surface area is 114 Å². The molecular formula is C15H23N3O. The lowest BCUT2D eigenvalue weighted by atomic mass is 10.0. The van der Waals surface area contributed by atoms with Crippen molar-refractivity contribution < 1.29 is 4.42 Å². The van der Waals surface area contributed by atoms with Crippen LogP contribution in [0.15, 0.2) is 29.1 Å². The van der Waals surface area contributed by atoms with Crippen molar-refractivity contribution in [3.05, 3.63) is 41.9 Å². The van der Waals surface area contributed by atoms with E-state index in [0.717, 1.165) is 37.4 Å². The maximum absolute atomic E-state index is 5.54. The van der Waals surface area contributed by atoms with Crippen molar-refractivity contribution in [1.29, 1.82) is 0 Å². The zero-order chi connectivity index (χ0) is 13.7. The molecule has 0 fully saturated rings. The van der Waals surface area contributed by atoms with E-state index < -0.39 is 0 Å². The summed E-state index contributed by atoms with van der Waals surface area (Å²) in [6.45, 7) is 5.23. The van der Waals surface area contributed by atoms with Gasteiger partial charge in [0.05, 0.1) is 6.26 Å². The topological polar surface area (TPSA) is 43.0 Å². The average Bonchev–Trinajstić information content (AvgIpc) is 3.03. The number of rotatable bonds is 7. The van der Waals surface area contributed by atoms with Gasteiger partial charge in [0, 0.05) is 43.9 Å². The van der Waals surface area contributed by atoms with Crippen LogP contribution in [0.2, 0.25) is 0 Å². The second-order valence-corrected chi connectivity index (χ2v) is 4.76. The Kier molecular flexibility index (Phi) is 4.80. The summed E-state index contributed by atoms with van der Waals surface area (Å²) in [4.78, 5) is 4.38. The van der Waals surface area contributed by atoms with Crippen LogP contribution >= 0.6 is 0 Å². The highest BCUT2D eigenvalue weighted by Crippen LogP contribution is 2.24. The van der Waals surface area contributed by atoms with E-state index in [4.69, 9.17) is 4.42 Å². The molecule has 0 amide bonds. The first-order valence-corrected chi connectivity index (χ1v) is 7.02. The fraction of sp³-hybridized carbons (Fsp3) is 0.533. The molecule has 0 aliphatic rings. The van der Waals surface area contributed by atoms with Gasteiger partial charge in [-0.1, -0.05) is 13.8 Å². The fourth-order valence-corrected chi connectivity index (χ4v) is 2.47. The molecule has 0 saturated carbocycles. The van der Waals surface area contributed by atoms with Crippen molar-refractivity contribution in [2.75, 3.05) is 6.54 Å². The maximum atomic E-state index is 5.54. The highest BCUT2D eigenvalue weighted by Gasteiger charge is 2.16. The lowest BCUT2D eigenvalue weighted by Gasteiger charge is -2.17. The molecule has 4 nitrogen and oxygen atoms in total. The third-order valence-electron chi connectivity index (χ3n) is 3.50. The summed E-state index contributed by atoms with van der Waals surface area (Å²) in [5.41, 5.74) is 1.29. The number of aromatic nitrogens is 2. The Morgan fingerprint density at radius 1 is 1.42 bits per heavy atom. The maximum Gasteiger partial charge on any atom is 0.108 e. The van der Waals surface area contributed by atoms with E-state index in [1.54, 1.807) is 6.26 Å². The Balaban J connectivity index is 2.06. The molecule has 2 rings (SSSR count). The summed E-state index contributed by atoms with van der Waals surface area (Å²) in [5, 5.41) is 3.54. The Morgan fingerprint density at radius 3 is 2.89 bits per heavy atom. The monoisotopic (exact) mass is 261 g/mol. The lowest BCUT2D eigenvalue weighted by Crippen LogP contribution is -2.22. The zero-order valence-corrected chi connectivity index (χ0v) is 12.0. The van der Waals surface area contributed by atoms with E-state index >= 15 is 0 Å². The number of imidazole rings is 1. The van der Waals surface area contributed by atoms with Crippen molar-refractivity contribution in [2.24, 2.45) is 7.05 Å². The minimum absolute atomic E-state index is 0.343. The van der Waals surface area contributed by atoms with E-state index in [9.17, 15) is 0 Å². The van der Waals surface area contributed by atoms with Gasteiger partial charge in [0.15, 0.2) is 0 Å². The van der Waals surface area contributed by atoms with Crippen molar-refractivity contribution >= 4 is 0 Å². The van der Waals surface area contributed by atoms with E-state index in [1.165, 1.54) is 5.56 Å². The summed E-state index contributed by atoms with van der Waals surface area (Å²) in [6.07, 6.45) is 8.58. The number of nitrogens with zero attached hydrogens (tertiary/aromatic N) is 2. The van der Waals surface area contributed by atoms with E-state index in [1.807, 2.05) is 19.4 Å². The molecule has 4 heteroatoms. The first-order valence-electron chi connectivity index (χ1n) is 7.02. The van der Waals surface area contributed by atoms with Gasteiger partial charge in [0.25, 0.3) is 0 Å². The highest BCUT2D eigenvalue weighted by atomic mass is 16.3. The Bertz CT molecular complexity index is 501. The molecular weight excluding hydrogens is 238 g/mol. The van der Waals surface area contributed by atoms with E-state index in [0.29, 0.717) is 6.04 Å². The van der Waals surface area contributed by atoms with Crippen LogP contribution in [0.3, 0.4) is 0 Å². The van der Waals surface area contributed by atoms with E-state index in [-0.39, 0.29) is 0 Å². The van der Waals surface area contributed by atoms with Gasteiger partial charge in [-0.3, -0.25) is 0 Å². The molecule has 0 saturated heterocycles. The van der Waals surface area contributed by atoms with Gasteiger partial charge in [0.1, 0.15) is 11.6 Å². The van der Waals surface area contributed by atoms with Crippen molar-refractivity contribution in [3.8, 4) is 0 Å². The van der Waals surface area contributed by atoms with Gasteiger partial charge in [0.2, 0.25) is 0 Å². The summed E-state index contributed by atoms with van der Waals surface area (Å²) < 4.78 is 7.62. The summed E-state index contributed by atoms with van der Waals surface area (Å²) >= 11 is 0. The largest absolute Gasteiger partial charge is 0.469 e. The van der Waals surface area contributed by atoms with Gasteiger partial charge in [-0.15, -0.1) is 0 Å². The third kappa shape index (κ3) is 3.26. The van der Waals surface area contributed by atoms with Crippen LogP contribution in [0, 0.1) is 0 Å². The molecule has 1 N–H and O–H groups in total. The molecule has 0 aliphatic heterocycles. The standard InChI is InChI=1S/C15H23N3O/c1-4-14-12(8-11-19-14)13(16-5-2)6-7-15-17-9-10-18(15)3/h8-11,13,16H,4-7H2,1-3H3. The molecule has 19 heavy (non-hydrogen) atoms. The number of aryl methyl sites for hydroxylation is 3. The van der Waals surface area contributed by atoms with Crippen LogP contribution in [0.5, 0.6) is 0 Å². The first-order chi connectivity index (χ1) is 9.26. The van der Waals surface area contributed by atoms with Gasteiger partial charge in [-0.25, -0.2) is 4.98 Å². The quantitative estimate of drug-likeness (QED) is 0.833. The van der Waals surface area contributed by atoms with Crippen LogP contribution in [0.1, 0.15) is 43.5 Å². The van der Waals surface area contributed by atoms with Crippen LogP contribution in [0.25, 0.3) is 0 Å². The van der Waals surface area contributed by atoms with Crippen molar-refractivity contribution in [1.82, 2.24) is 14.9 Å². The zero-order valence-electron chi connectivity index (χ0n) is 12.0. The molecule has 1 atom stereocenters. The van der Waals surface area contributed by atoms with Crippen LogP contribution in [-0.4, -0.2) is 16.1 Å².